The normalized spacial score (nSPS) is 29.1. The number of anilines is 1. The van der Waals surface area contributed by atoms with E-state index in [0.717, 1.165) is 55.2 Å². The van der Waals surface area contributed by atoms with E-state index in [0.29, 0.717) is 19.3 Å². The Hall–Kier alpha value is -2.95. The number of carbonyl (C=O) groups excluding carboxylic acids is 3. The van der Waals surface area contributed by atoms with E-state index in [9.17, 15) is 63.6 Å². The number of Topliss-reactive ketones (excluding diaryl/α,β-unsaturated/α-hetero) is 1. The van der Waals surface area contributed by atoms with E-state index in [2.05, 4.69) is 23.1 Å². The van der Waals surface area contributed by atoms with Crippen molar-refractivity contribution in [3.05, 3.63) is 34.9 Å². The van der Waals surface area contributed by atoms with Gasteiger partial charge in [0.15, 0.2) is 6.10 Å². The van der Waals surface area contributed by atoms with E-state index in [1.54, 1.807) is 0 Å². The summed E-state index contributed by atoms with van der Waals surface area (Å²) in [5.74, 6) is -4.35. The molecule has 0 radical (unpaired) electrons. The van der Waals surface area contributed by atoms with Crippen LogP contribution in [0.25, 0.3) is 0 Å². The number of aliphatic hydroxyl groups excluding tert-OH is 5. The lowest BCUT2D eigenvalue weighted by Crippen LogP contribution is -2.52. The molecule has 78 heavy (non-hydrogen) atoms. The van der Waals surface area contributed by atoms with Crippen LogP contribution in [0.1, 0.15) is 207 Å². The third-order valence-corrected chi connectivity index (χ3v) is 16.8. The summed E-state index contributed by atoms with van der Waals surface area (Å²) < 4.78 is 58.8. The zero-order chi connectivity index (χ0) is 57.5. The molecule has 9 N–H and O–H groups in total. The molecule has 0 spiro atoms. The van der Waals surface area contributed by atoms with Crippen LogP contribution in [0.4, 0.5) is 5.82 Å². The molecule has 2 aliphatic heterocycles. The summed E-state index contributed by atoms with van der Waals surface area (Å²) in [4.78, 5) is 78.0. The molecule has 12 atom stereocenters. The van der Waals surface area contributed by atoms with Gasteiger partial charge in [-0.25, -0.2) is 13.9 Å². The number of aliphatic hydroxyl groups is 5. The van der Waals surface area contributed by atoms with Gasteiger partial charge < -0.3 is 55.3 Å². The van der Waals surface area contributed by atoms with Crippen LogP contribution in [-0.2, 0) is 51.1 Å². The molecule has 3 heterocycles. The van der Waals surface area contributed by atoms with Crippen molar-refractivity contribution in [3.63, 3.8) is 0 Å². The Morgan fingerprint density at radius 3 is 1.95 bits per heavy atom. The lowest BCUT2D eigenvalue weighted by atomic mass is 9.82. The van der Waals surface area contributed by atoms with Crippen LogP contribution in [0, 0.1) is 17.8 Å². The molecular weight excluding hydrogens is 1060 g/mol. The van der Waals surface area contributed by atoms with Crippen LogP contribution in [0.15, 0.2) is 29.2 Å². The fourth-order valence-electron chi connectivity index (χ4n) is 9.66. The second-order valence-corrected chi connectivity index (χ2v) is 24.6. The van der Waals surface area contributed by atoms with Crippen LogP contribution < -0.4 is 11.4 Å². The van der Waals surface area contributed by atoms with E-state index < -0.39 is 133 Å². The highest BCUT2D eigenvalue weighted by atomic mass is 31.3. The van der Waals surface area contributed by atoms with Crippen LogP contribution >= 0.6 is 15.6 Å². The van der Waals surface area contributed by atoms with Crippen LogP contribution in [-0.4, -0.2) is 125 Å². The van der Waals surface area contributed by atoms with Gasteiger partial charge in [0.2, 0.25) is 0 Å². The lowest BCUT2D eigenvalue weighted by Gasteiger charge is -2.40. The van der Waals surface area contributed by atoms with E-state index in [1.165, 1.54) is 95.3 Å². The first-order chi connectivity index (χ1) is 37.1. The van der Waals surface area contributed by atoms with Gasteiger partial charge in [-0.15, -0.1) is 0 Å². The van der Waals surface area contributed by atoms with E-state index in [-0.39, 0.29) is 37.9 Å². The second-order valence-electron chi connectivity index (χ2n) is 21.6. The zero-order valence-corrected chi connectivity index (χ0v) is 48.3. The average Bonchev–Trinajstić information content (AvgIpc) is 3.40. The van der Waals surface area contributed by atoms with Crippen molar-refractivity contribution in [2.24, 2.45) is 17.8 Å². The molecule has 0 aromatic carbocycles. The van der Waals surface area contributed by atoms with E-state index in [1.807, 2.05) is 6.92 Å². The molecule has 24 heteroatoms. The van der Waals surface area contributed by atoms with Gasteiger partial charge in [0.1, 0.15) is 36.6 Å². The number of cyclic esters (lactones) is 1. The number of nitrogens with zero attached hydrogens (tertiary/aromatic N) is 2. The highest BCUT2D eigenvalue weighted by Gasteiger charge is 2.45. The number of ketones is 1. The number of nitrogens with two attached hydrogens (primary N) is 1. The Morgan fingerprint density at radius 2 is 1.36 bits per heavy atom. The van der Waals surface area contributed by atoms with Gasteiger partial charge in [0, 0.05) is 50.1 Å². The maximum atomic E-state index is 13.8. The number of hydrogen-bond acceptors (Lipinski definition) is 19. The molecule has 3 rings (SSSR count). The van der Waals surface area contributed by atoms with Crippen molar-refractivity contribution in [2.45, 2.75) is 250 Å². The first kappa shape index (κ1) is 69.3. The fourth-order valence-corrected chi connectivity index (χ4v) is 11.8. The van der Waals surface area contributed by atoms with Gasteiger partial charge in [-0.2, -0.15) is 9.29 Å². The Morgan fingerprint density at radius 1 is 0.795 bits per heavy atom. The maximum absolute atomic E-state index is 13.8. The maximum Gasteiger partial charge on any atom is 0.481 e. The summed E-state index contributed by atoms with van der Waals surface area (Å²) in [6.45, 7) is 3.68. The van der Waals surface area contributed by atoms with E-state index >= 15 is 0 Å². The van der Waals surface area contributed by atoms with E-state index in [4.69, 9.17) is 29.0 Å². The number of unbranched alkanes of at least 4 members (excludes halogenated alkanes) is 17. The minimum atomic E-state index is -5.76. The van der Waals surface area contributed by atoms with Gasteiger partial charge in [-0.1, -0.05) is 155 Å². The first-order valence-electron chi connectivity index (χ1n) is 28.7. The molecule has 2 unspecified atom stereocenters. The predicted molar refractivity (Wildman–Crippen MR) is 291 cm³/mol. The van der Waals surface area contributed by atoms with Crippen LogP contribution in [0.5, 0.6) is 0 Å². The molecule has 2 aliphatic rings. The minimum Gasteiger partial charge on any atom is -0.462 e. The number of nitrogen functional groups attached to an aromatic ring is 1. The standard InChI is InChI=1S/C54H95N3O19P2/c1-4-5-20-26-40(58)30-31-43-45(60)35-46(61)44-34-41(59)27-23-24-29-50(63)74-42(36-71-49(62)28-22-19-17-15-13-11-9-7-6-8-10-12-14-16-18-21-25-39(2)3)37-72-77(67,68)76-78(69,70)73-38-47(52(65)51(43)64)75-53(44)57-33-32-48(55)56-54(57)66/h30-33,39-40,42-47,51-53,58,60-61,64-65H,4-29,34-38H2,1-3H3,(H,67,68)(H,69,70)(H2,55,56,66)/t40-,42+,43-,44-,45+,46-,47+,51-,52+,53+/m0/s1. The number of phosphoric acid groups is 2. The number of hydrogen-bond donors (Lipinski definition) is 8. The number of rotatable bonds is 28. The number of phosphoric ester groups is 2. The summed E-state index contributed by atoms with van der Waals surface area (Å²) in [6, 6.07) is 1.18. The molecule has 1 aromatic rings. The van der Waals surface area contributed by atoms with Crippen molar-refractivity contribution in [1.29, 1.82) is 0 Å². The molecule has 450 valence electrons. The largest absolute Gasteiger partial charge is 0.481 e. The lowest BCUT2D eigenvalue weighted by molar-refractivity contribution is -0.196. The Bertz CT molecular complexity index is 2060. The summed E-state index contributed by atoms with van der Waals surface area (Å²) in [6.07, 6.45) is 10.9. The van der Waals surface area contributed by atoms with Gasteiger partial charge in [0.05, 0.1) is 37.6 Å². The van der Waals surface area contributed by atoms with Gasteiger partial charge >= 0.3 is 33.3 Å². The van der Waals surface area contributed by atoms with Gasteiger partial charge in [0.25, 0.3) is 0 Å². The number of carbonyl (C=O) groups is 3. The summed E-state index contributed by atoms with van der Waals surface area (Å²) in [5, 5.41) is 57.5. The van der Waals surface area contributed by atoms with Crippen molar-refractivity contribution in [3.8, 4) is 0 Å². The summed E-state index contributed by atoms with van der Waals surface area (Å²) >= 11 is 0. The topological polar surface area (TPSA) is 343 Å². The fraction of sp³-hybridized carbons (Fsp3) is 0.833. The molecule has 22 nitrogen and oxygen atoms in total. The minimum absolute atomic E-state index is 0.0585. The number of fused-ring (bicyclic) bond motifs is 3. The summed E-state index contributed by atoms with van der Waals surface area (Å²) in [7, 11) is -11.4. The molecule has 1 aromatic heterocycles. The molecule has 2 saturated heterocycles. The highest BCUT2D eigenvalue weighted by Crippen LogP contribution is 2.60. The zero-order valence-electron chi connectivity index (χ0n) is 46.5. The SMILES string of the molecule is CCCCC[C@H](O)C=C[C@@H]1[C@H](O)[C@H](O)[C@H]2COP(=O)(O)OP(=O)(O)OC[C@@H](COC(=O)CCCCCCCCCCCCCCCCCCC(C)C)OC(=O)CCCCC(=O)C[C@H]([C@H](n3ccc(N)nc3=O)O2)[C@@H](O)C[C@H]1O. The third kappa shape index (κ3) is 28.6. The monoisotopic (exact) mass is 1150 g/mol. The third-order valence-electron chi connectivity index (χ3n) is 14.2. The summed E-state index contributed by atoms with van der Waals surface area (Å²) in [5.41, 5.74) is 4.68. The number of esters is 2. The van der Waals surface area contributed by atoms with Gasteiger partial charge in [-0.05, 0) is 37.7 Å². The van der Waals surface area contributed by atoms with Crippen LogP contribution in [0.3, 0.4) is 0 Å². The predicted octanol–water partition coefficient (Wildman–Crippen LogP) is 8.20. The van der Waals surface area contributed by atoms with Crippen LogP contribution in [0.2, 0.25) is 0 Å². The molecule has 0 aliphatic carbocycles. The van der Waals surface area contributed by atoms with Crippen molar-refractivity contribution in [2.75, 3.05) is 25.6 Å². The highest BCUT2D eigenvalue weighted by molar-refractivity contribution is 7.61. The average molecular weight is 1150 g/mol. The van der Waals surface area contributed by atoms with Gasteiger partial charge in [-0.3, -0.25) is 28.0 Å². The smallest absolute Gasteiger partial charge is 0.462 e. The molecule has 2 bridgehead atoms. The number of aromatic nitrogens is 2. The Kier molecular flexibility index (Phi) is 33.7. The van der Waals surface area contributed by atoms with Crippen molar-refractivity contribution >= 4 is 39.2 Å². The number of ether oxygens (including phenoxy) is 3. The Labute approximate surface area is 461 Å². The van der Waals surface area contributed by atoms with Crippen molar-refractivity contribution in [1.82, 2.24) is 9.55 Å². The second kappa shape index (κ2) is 37.9. The van der Waals surface area contributed by atoms with Crippen molar-refractivity contribution < 1.29 is 86.4 Å². The Balaban J connectivity index is 1.68. The molecule has 0 saturated carbocycles. The molecule has 2 fully saturated rings. The molecular formula is C54H95N3O19P2. The first-order valence-corrected chi connectivity index (χ1v) is 31.7. The molecule has 0 amide bonds. The quantitative estimate of drug-likeness (QED) is 0.0169.